The molecule has 0 aliphatic heterocycles. The molecule has 1 unspecified atom stereocenters. The highest BCUT2D eigenvalue weighted by atomic mass is 79.9. The van der Waals surface area contributed by atoms with Gasteiger partial charge < -0.3 is 15.3 Å². The molecule has 4 nitrogen and oxygen atoms in total. The molecule has 5 heteroatoms. The normalized spacial score (nSPS) is 13.6. The first kappa shape index (κ1) is 13.0. The van der Waals surface area contributed by atoms with Crippen LogP contribution in [0.15, 0.2) is 21.6 Å². The molecule has 0 amide bonds. The summed E-state index contributed by atoms with van der Waals surface area (Å²) >= 11 is 3.19. The number of hydrogen-bond donors (Lipinski definition) is 3. The number of aliphatic hydroxyl groups excluding tert-OH is 1. The molecule has 0 fully saturated rings. The first-order chi connectivity index (χ1) is 7.41. The molecule has 3 N–H and O–H groups in total. The predicted octanol–water partition coefficient (Wildman–Crippen LogP) is 2.25. The van der Waals surface area contributed by atoms with Gasteiger partial charge in [-0.1, -0.05) is 29.8 Å². The number of phenolic OH excluding ortho intramolecular Hbond substituents is 2. The van der Waals surface area contributed by atoms with E-state index in [0.717, 1.165) is 0 Å². The Balaban J connectivity index is 2.97. The van der Waals surface area contributed by atoms with Gasteiger partial charge in [-0.3, -0.25) is 4.99 Å². The van der Waals surface area contributed by atoms with Crippen LogP contribution in [0.1, 0.15) is 19.4 Å². The first-order valence-corrected chi connectivity index (χ1v) is 5.64. The van der Waals surface area contributed by atoms with E-state index in [9.17, 15) is 15.3 Å². The maximum Gasteiger partial charge on any atom is 0.166 e. The molecule has 0 radical (unpaired) electrons. The van der Waals surface area contributed by atoms with Crippen molar-refractivity contribution in [3.63, 3.8) is 0 Å². The third-order valence-corrected chi connectivity index (χ3v) is 2.50. The molecule has 1 rings (SSSR count). The number of benzene rings is 1. The number of rotatable bonds is 3. The van der Waals surface area contributed by atoms with Crippen molar-refractivity contribution in [3.05, 3.63) is 22.2 Å². The SMILES string of the molecule is CC(C)C(O)/N=C/c1cc(Br)cc(O)c1O. The average Bonchev–Trinajstić information content (AvgIpc) is 2.20. The van der Waals surface area contributed by atoms with Gasteiger partial charge in [-0.05, 0) is 18.1 Å². The zero-order valence-electron chi connectivity index (χ0n) is 9.05. The molecular formula is C11H14BrNO3. The van der Waals surface area contributed by atoms with Gasteiger partial charge in [0.25, 0.3) is 0 Å². The maximum absolute atomic E-state index is 9.53. The second-order valence-electron chi connectivity index (χ2n) is 3.80. The van der Waals surface area contributed by atoms with E-state index >= 15 is 0 Å². The lowest BCUT2D eigenvalue weighted by Gasteiger charge is -2.09. The Morgan fingerprint density at radius 3 is 2.50 bits per heavy atom. The van der Waals surface area contributed by atoms with Crippen molar-refractivity contribution >= 4 is 22.1 Å². The van der Waals surface area contributed by atoms with Crippen molar-refractivity contribution in [2.45, 2.75) is 20.1 Å². The summed E-state index contributed by atoms with van der Waals surface area (Å²) in [6.45, 7) is 3.67. The standard InChI is InChI=1S/C11H14BrNO3/c1-6(2)11(16)13-5-7-3-8(12)4-9(14)10(7)15/h3-6,11,14-16H,1-2H3/b13-5+. The minimum atomic E-state index is -0.819. The van der Waals surface area contributed by atoms with Gasteiger partial charge in [-0.2, -0.15) is 0 Å². The summed E-state index contributed by atoms with van der Waals surface area (Å²) in [6, 6.07) is 2.98. The number of phenols is 2. The zero-order chi connectivity index (χ0) is 12.3. The van der Waals surface area contributed by atoms with Gasteiger partial charge in [-0.15, -0.1) is 0 Å². The van der Waals surface area contributed by atoms with E-state index in [1.54, 1.807) is 6.07 Å². The van der Waals surface area contributed by atoms with Gasteiger partial charge in [0.1, 0.15) is 6.23 Å². The smallest absolute Gasteiger partial charge is 0.166 e. The van der Waals surface area contributed by atoms with Gasteiger partial charge >= 0.3 is 0 Å². The Morgan fingerprint density at radius 2 is 1.94 bits per heavy atom. The Kier molecular flexibility index (Phi) is 4.32. The van der Waals surface area contributed by atoms with E-state index < -0.39 is 6.23 Å². The second kappa shape index (κ2) is 5.32. The molecule has 0 saturated heterocycles. The Morgan fingerprint density at radius 1 is 1.31 bits per heavy atom. The van der Waals surface area contributed by atoms with Crippen LogP contribution in [0.3, 0.4) is 0 Å². The molecule has 88 valence electrons. The minimum Gasteiger partial charge on any atom is -0.504 e. The fourth-order valence-electron chi connectivity index (χ4n) is 1.03. The number of halogens is 1. The van der Waals surface area contributed by atoms with E-state index in [1.807, 2.05) is 13.8 Å². The van der Waals surface area contributed by atoms with Crippen LogP contribution in [-0.2, 0) is 0 Å². The van der Waals surface area contributed by atoms with E-state index in [4.69, 9.17) is 0 Å². The third-order valence-electron chi connectivity index (χ3n) is 2.05. The molecule has 1 aromatic rings. The predicted molar refractivity (Wildman–Crippen MR) is 65.9 cm³/mol. The Bertz CT molecular complexity index is 404. The fraction of sp³-hybridized carbons (Fsp3) is 0.364. The van der Waals surface area contributed by atoms with Crippen LogP contribution in [0.4, 0.5) is 0 Å². The molecule has 1 atom stereocenters. The fourth-order valence-corrected chi connectivity index (χ4v) is 1.50. The highest BCUT2D eigenvalue weighted by Gasteiger charge is 2.08. The summed E-state index contributed by atoms with van der Waals surface area (Å²) in [6.07, 6.45) is 0.519. The van der Waals surface area contributed by atoms with Crippen LogP contribution in [0.2, 0.25) is 0 Å². The van der Waals surface area contributed by atoms with Crippen molar-refractivity contribution < 1.29 is 15.3 Å². The van der Waals surface area contributed by atoms with Gasteiger partial charge in [0.15, 0.2) is 11.5 Å². The lowest BCUT2D eigenvalue weighted by atomic mass is 10.2. The minimum absolute atomic E-state index is 0.000794. The zero-order valence-corrected chi connectivity index (χ0v) is 10.6. The highest BCUT2D eigenvalue weighted by molar-refractivity contribution is 9.10. The molecule has 0 aliphatic carbocycles. The number of aliphatic imine (C=N–C) groups is 1. The first-order valence-electron chi connectivity index (χ1n) is 4.84. The summed E-state index contributed by atoms with van der Waals surface area (Å²) < 4.78 is 0.628. The molecule has 1 aromatic carbocycles. The number of nitrogens with zero attached hydrogens (tertiary/aromatic N) is 1. The average molecular weight is 288 g/mol. The van der Waals surface area contributed by atoms with Gasteiger partial charge in [-0.25, -0.2) is 0 Å². The van der Waals surface area contributed by atoms with Crippen molar-refractivity contribution in [1.29, 1.82) is 0 Å². The third kappa shape index (κ3) is 3.21. The molecule has 0 aliphatic rings. The summed E-state index contributed by atoms with van der Waals surface area (Å²) in [5.74, 6) is -0.475. The second-order valence-corrected chi connectivity index (χ2v) is 4.71. The van der Waals surface area contributed by atoms with Crippen molar-refractivity contribution in [1.82, 2.24) is 0 Å². The van der Waals surface area contributed by atoms with E-state index in [0.29, 0.717) is 10.0 Å². The van der Waals surface area contributed by atoms with Crippen LogP contribution in [0.5, 0.6) is 11.5 Å². The maximum atomic E-state index is 9.53. The van der Waals surface area contributed by atoms with Gasteiger partial charge in [0.2, 0.25) is 0 Å². The van der Waals surface area contributed by atoms with Crippen LogP contribution < -0.4 is 0 Å². The largest absolute Gasteiger partial charge is 0.504 e. The summed E-state index contributed by atoms with van der Waals surface area (Å²) in [5.41, 5.74) is 0.353. The van der Waals surface area contributed by atoms with Crippen LogP contribution in [0.25, 0.3) is 0 Å². The van der Waals surface area contributed by atoms with Crippen molar-refractivity contribution in [2.75, 3.05) is 0 Å². The molecule has 0 saturated carbocycles. The molecule has 0 spiro atoms. The molecule has 16 heavy (non-hydrogen) atoms. The highest BCUT2D eigenvalue weighted by Crippen LogP contribution is 2.31. The van der Waals surface area contributed by atoms with Crippen LogP contribution in [-0.4, -0.2) is 27.8 Å². The molecule has 0 heterocycles. The van der Waals surface area contributed by atoms with E-state index in [1.165, 1.54) is 12.3 Å². The lowest BCUT2D eigenvalue weighted by Crippen LogP contribution is -2.11. The lowest BCUT2D eigenvalue weighted by molar-refractivity contribution is 0.135. The Hall–Kier alpha value is -1.07. The monoisotopic (exact) mass is 287 g/mol. The number of hydrogen-bond acceptors (Lipinski definition) is 4. The van der Waals surface area contributed by atoms with E-state index in [2.05, 4.69) is 20.9 Å². The quantitative estimate of drug-likeness (QED) is 0.590. The molecule has 0 bridgehead atoms. The number of aliphatic hydroxyl groups is 1. The van der Waals surface area contributed by atoms with Crippen LogP contribution >= 0.6 is 15.9 Å². The number of aromatic hydroxyl groups is 2. The molecule has 0 aromatic heterocycles. The van der Waals surface area contributed by atoms with Gasteiger partial charge in [0.05, 0.1) is 0 Å². The molecular weight excluding hydrogens is 274 g/mol. The Labute approximate surface area is 102 Å². The topological polar surface area (TPSA) is 73.1 Å². The summed E-state index contributed by atoms with van der Waals surface area (Å²) in [4.78, 5) is 3.88. The van der Waals surface area contributed by atoms with Gasteiger partial charge in [0, 0.05) is 16.3 Å². The van der Waals surface area contributed by atoms with E-state index in [-0.39, 0.29) is 17.4 Å². The van der Waals surface area contributed by atoms with Crippen molar-refractivity contribution in [3.8, 4) is 11.5 Å². The summed E-state index contributed by atoms with van der Waals surface area (Å²) in [7, 11) is 0. The van der Waals surface area contributed by atoms with Crippen molar-refractivity contribution in [2.24, 2.45) is 10.9 Å². The van der Waals surface area contributed by atoms with Crippen LogP contribution in [0, 0.1) is 5.92 Å². The summed E-state index contributed by atoms with van der Waals surface area (Å²) in [5, 5.41) is 28.3.